The van der Waals surface area contributed by atoms with Crippen LogP contribution in [-0.4, -0.2) is 63.5 Å². The van der Waals surface area contributed by atoms with Crippen LogP contribution in [0.5, 0.6) is 0 Å². The van der Waals surface area contributed by atoms with Crippen LogP contribution in [0.1, 0.15) is 0 Å². The number of rotatable bonds is 3. The monoisotopic (exact) mass is 206 g/mol. The Balaban J connectivity index is 4.14. The number of nitrogens with zero attached hydrogens (tertiary/aromatic N) is 2. The average molecular weight is 206 g/mol. The van der Waals surface area contributed by atoms with Gasteiger partial charge >= 0.3 is 18.3 Å². The Morgan fingerprint density at radius 3 is 1.64 bits per heavy atom. The molecule has 0 spiro atoms. The molecule has 0 unspecified atom stereocenters. The van der Waals surface area contributed by atoms with Crippen molar-refractivity contribution in [1.82, 2.24) is 9.80 Å². The molecule has 0 aliphatic rings. The number of hydrogen-bond donors (Lipinski definition) is 3. The van der Waals surface area contributed by atoms with Gasteiger partial charge in [0.25, 0.3) is 0 Å². The van der Waals surface area contributed by atoms with Gasteiger partial charge < -0.3 is 20.2 Å². The minimum Gasteiger partial charge on any atom is -0.465 e. The Hall–Kier alpha value is -1.99. The summed E-state index contributed by atoms with van der Waals surface area (Å²) in [6.07, 6.45) is -4.51. The van der Waals surface area contributed by atoms with E-state index in [4.69, 9.17) is 15.3 Å². The summed E-state index contributed by atoms with van der Waals surface area (Å²) >= 11 is 0. The molecule has 0 heterocycles. The second-order valence-corrected chi connectivity index (χ2v) is 2.42. The number of carbonyl (C=O) groups is 3. The van der Waals surface area contributed by atoms with Crippen molar-refractivity contribution >= 4 is 18.3 Å². The molecule has 0 saturated heterocycles. The fourth-order valence-electron chi connectivity index (χ4n) is 0.619. The quantitative estimate of drug-likeness (QED) is 0.609. The second-order valence-electron chi connectivity index (χ2n) is 2.42. The van der Waals surface area contributed by atoms with E-state index in [1.54, 1.807) is 0 Å². The lowest BCUT2D eigenvalue weighted by Crippen LogP contribution is -2.41. The van der Waals surface area contributed by atoms with E-state index >= 15 is 0 Å². The van der Waals surface area contributed by atoms with Crippen LogP contribution in [0.3, 0.4) is 0 Å². The van der Waals surface area contributed by atoms with Crippen LogP contribution in [0.2, 0.25) is 0 Å². The molecule has 0 radical (unpaired) electrons. The molecule has 0 saturated carbocycles. The lowest BCUT2D eigenvalue weighted by Gasteiger charge is -2.17. The standard InChI is InChI=1S/C6H10N2O6/c1-7(4(9)10)2-3-8(5(11)12)6(13)14/h2-3H2,1H3,(H,9,10)(H,11,12)(H,13,14). The predicted molar refractivity (Wildman–Crippen MR) is 43.4 cm³/mol. The van der Waals surface area contributed by atoms with Gasteiger partial charge in [0.05, 0.1) is 6.54 Å². The van der Waals surface area contributed by atoms with Gasteiger partial charge in [0.1, 0.15) is 0 Å². The molecule has 0 aromatic carbocycles. The maximum absolute atomic E-state index is 10.3. The molecule has 0 aromatic heterocycles. The fraction of sp³-hybridized carbons (Fsp3) is 0.500. The zero-order valence-electron chi connectivity index (χ0n) is 7.38. The topological polar surface area (TPSA) is 118 Å². The Labute approximate surface area is 79.0 Å². The maximum atomic E-state index is 10.3. The van der Waals surface area contributed by atoms with E-state index in [1.807, 2.05) is 0 Å². The van der Waals surface area contributed by atoms with Crippen molar-refractivity contribution in [3.8, 4) is 0 Å². The van der Waals surface area contributed by atoms with Gasteiger partial charge in [-0.2, -0.15) is 0 Å². The van der Waals surface area contributed by atoms with E-state index in [1.165, 1.54) is 7.05 Å². The number of imide groups is 1. The zero-order valence-corrected chi connectivity index (χ0v) is 7.38. The van der Waals surface area contributed by atoms with Crippen molar-refractivity contribution in [3.05, 3.63) is 0 Å². The summed E-state index contributed by atoms with van der Waals surface area (Å²) in [6, 6.07) is 0. The third-order valence-corrected chi connectivity index (χ3v) is 1.45. The van der Waals surface area contributed by atoms with E-state index in [9.17, 15) is 14.4 Å². The fourth-order valence-corrected chi connectivity index (χ4v) is 0.619. The zero-order chi connectivity index (χ0) is 11.3. The van der Waals surface area contributed by atoms with Crippen molar-refractivity contribution in [3.63, 3.8) is 0 Å². The summed E-state index contributed by atoms with van der Waals surface area (Å²) in [5, 5.41) is 25.1. The molecule has 0 aliphatic carbocycles. The molecule has 80 valence electrons. The third-order valence-electron chi connectivity index (χ3n) is 1.45. The molecule has 8 nitrogen and oxygen atoms in total. The normalized spacial score (nSPS) is 9.21. The molecule has 3 amide bonds. The Morgan fingerprint density at radius 1 is 0.929 bits per heavy atom. The lowest BCUT2D eigenvalue weighted by molar-refractivity contribution is 0.114. The van der Waals surface area contributed by atoms with E-state index in [2.05, 4.69) is 0 Å². The Kier molecular flexibility index (Phi) is 4.20. The smallest absolute Gasteiger partial charge is 0.416 e. The number of amides is 3. The summed E-state index contributed by atoms with van der Waals surface area (Å²) in [4.78, 5) is 31.8. The minimum atomic E-state index is -1.63. The number of hydrogen-bond acceptors (Lipinski definition) is 3. The van der Waals surface area contributed by atoms with Crippen molar-refractivity contribution in [2.24, 2.45) is 0 Å². The first-order valence-electron chi connectivity index (χ1n) is 3.53. The molecule has 0 rings (SSSR count). The first-order valence-corrected chi connectivity index (χ1v) is 3.53. The molecule has 0 bridgehead atoms. The first kappa shape index (κ1) is 12.0. The number of likely N-dealkylation sites (N-methyl/N-ethyl adjacent to an activating group) is 1. The molecular weight excluding hydrogens is 196 g/mol. The highest BCUT2D eigenvalue weighted by atomic mass is 16.4. The van der Waals surface area contributed by atoms with Gasteiger partial charge in [0, 0.05) is 13.6 Å². The largest absolute Gasteiger partial charge is 0.465 e. The van der Waals surface area contributed by atoms with Crippen molar-refractivity contribution < 1.29 is 29.7 Å². The minimum absolute atomic E-state index is 0.111. The number of carboxylic acid groups (broad SMARTS) is 3. The maximum Gasteiger partial charge on any atom is 0.416 e. The molecule has 0 aromatic rings. The first-order chi connectivity index (χ1) is 6.36. The summed E-state index contributed by atoms with van der Waals surface area (Å²) in [6.45, 7) is -0.610. The van der Waals surface area contributed by atoms with Crippen molar-refractivity contribution in [2.45, 2.75) is 0 Å². The van der Waals surface area contributed by atoms with Gasteiger partial charge in [-0.3, -0.25) is 0 Å². The van der Waals surface area contributed by atoms with Crippen LogP contribution < -0.4 is 0 Å². The van der Waals surface area contributed by atoms with Crippen molar-refractivity contribution in [2.75, 3.05) is 20.1 Å². The highest BCUT2D eigenvalue weighted by Gasteiger charge is 2.20. The van der Waals surface area contributed by atoms with Gasteiger partial charge in [-0.1, -0.05) is 0 Å². The van der Waals surface area contributed by atoms with Gasteiger partial charge in [-0.15, -0.1) is 0 Å². The van der Waals surface area contributed by atoms with Crippen LogP contribution in [0.15, 0.2) is 0 Å². The predicted octanol–water partition coefficient (Wildman–Crippen LogP) is 0.254. The van der Waals surface area contributed by atoms with Crippen LogP contribution in [0.25, 0.3) is 0 Å². The summed E-state index contributed by atoms with van der Waals surface area (Å²) in [5.74, 6) is 0. The van der Waals surface area contributed by atoms with Gasteiger partial charge in [0.15, 0.2) is 0 Å². The van der Waals surface area contributed by atoms with Gasteiger partial charge in [0.2, 0.25) is 0 Å². The van der Waals surface area contributed by atoms with Crippen LogP contribution >= 0.6 is 0 Å². The average Bonchev–Trinajstić information content (AvgIpc) is 2.02. The molecule has 8 heteroatoms. The molecule has 0 fully saturated rings. The lowest BCUT2D eigenvalue weighted by atomic mass is 10.5. The Bertz CT molecular complexity index is 239. The van der Waals surface area contributed by atoms with E-state index in [-0.39, 0.29) is 11.4 Å². The van der Waals surface area contributed by atoms with Crippen molar-refractivity contribution in [1.29, 1.82) is 0 Å². The highest BCUT2D eigenvalue weighted by Crippen LogP contribution is 1.92. The Morgan fingerprint density at radius 2 is 1.36 bits per heavy atom. The van der Waals surface area contributed by atoms with E-state index < -0.39 is 24.8 Å². The third kappa shape index (κ3) is 3.61. The highest BCUT2D eigenvalue weighted by molar-refractivity contribution is 5.85. The summed E-state index contributed by atoms with van der Waals surface area (Å²) < 4.78 is 0. The molecule has 0 aliphatic heterocycles. The van der Waals surface area contributed by atoms with Crippen LogP contribution in [0.4, 0.5) is 14.4 Å². The molecule has 3 N–H and O–H groups in total. The molecular formula is C6H10N2O6. The van der Waals surface area contributed by atoms with Crippen LogP contribution in [0, 0.1) is 0 Å². The SMILES string of the molecule is CN(CCN(C(=O)O)C(=O)O)C(=O)O. The molecule has 0 atom stereocenters. The summed E-state index contributed by atoms with van der Waals surface area (Å²) in [7, 11) is 1.21. The van der Waals surface area contributed by atoms with Crippen LogP contribution in [-0.2, 0) is 0 Å². The van der Waals surface area contributed by atoms with Gasteiger partial charge in [-0.05, 0) is 0 Å². The van der Waals surface area contributed by atoms with Gasteiger partial charge in [-0.25, -0.2) is 19.3 Å². The second kappa shape index (κ2) is 4.90. The van der Waals surface area contributed by atoms with E-state index in [0.29, 0.717) is 0 Å². The summed E-state index contributed by atoms with van der Waals surface area (Å²) in [5.41, 5.74) is 0. The van der Waals surface area contributed by atoms with E-state index in [0.717, 1.165) is 4.90 Å². The molecule has 14 heavy (non-hydrogen) atoms.